The minimum atomic E-state index is -3.61. The van der Waals surface area contributed by atoms with Crippen molar-refractivity contribution in [3.8, 4) is 0 Å². The Kier molecular flexibility index (Phi) is 5.67. The molecular formula is C19H24FN3O3S. The molecule has 0 N–H and O–H groups in total. The molecule has 8 heteroatoms. The first-order valence-corrected chi connectivity index (χ1v) is 10.5. The van der Waals surface area contributed by atoms with Crippen LogP contribution in [-0.2, 0) is 17.1 Å². The second-order valence-corrected chi connectivity index (χ2v) is 8.60. The third-order valence-corrected chi connectivity index (χ3v) is 6.72. The lowest BCUT2D eigenvalue weighted by Crippen LogP contribution is -2.35. The molecule has 0 atom stereocenters. The Morgan fingerprint density at radius 2 is 1.78 bits per heavy atom. The molecule has 1 saturated heterocycles. The Labute approximate surface area is 159 Å². The minimum Gasteiger partial charge on any atom is -0.345 e. The number of carbonyl (C=O) groups excluding carboxylic acids is 1. The molecule has 1 fully saturated rings. The fourth-order valence-electron chi connectivity index (χ4n) is 3.34. The molecule has 1 aromatic heterocycles. The van der Waals surface area contributed by atoms with Gasteiger partial charge in [-0.3, -0.25) is 4.79 Å². The summed E-state index contributed by atoms with van der Waals surface area (Å²) in [7, 11) is -1.95. The fourth-order valence-corrected chi connectivity index (χ4v) is 4.93. The van der Waals surface area contributed by atoms with Gasteiger partial charge in [-0.25, -0.2) is 12.8 Å². The van der Waals surface area contributed by atoms with Gasteiger partial charge < -0.3 is 9.47 Å². The number of hydrogen-bond donors (Lipinski definition) is 0. The number of hydrogen-bond acceptors (Lipinski definition) is 3. The van der Waals surface area contributed by atoms with Gasteiger partial charge >= 0.3 is 0 Å². The lowest BCUT2D eigenvalue weighted by atomic mass is 10.2. The van der Waals surface area contributed by atoms with Gasteiger partial charge in [-0.2, -0.15) is 4.31 Å². The Morgan fingerprint density at radius 1 is 1.15 bits per heavy atom. The van der Waals surface area contributed by atoms with Gasteiger partial charge in [-0.15, -0.1) is 0 Å². The van der Waals surface area contributed by atoms with E-state index in [0.29, 0.717) is 25.3 Å². The molecule has 6 nitrogen and oxygen atoms in total. The largest absolute Gasteiger partial charge is 0.345 e. The summed E-state index contributed by atoms with van der Waals surface area (Å²) in [5.74, 6) is -0.706. The number of anilines is 1. The van der Waals surface area contributed by atoms with E-state index in [1.54, 1.807) is 7.05 Å². The summed E-state index contributed by atoms with van der Waals surface area (Å²) in [4.78, 5) is 14.6. The summed E-state index contributed by atoms with van der Waals surface area (Å²) < 4.78 is 41.9. The number of aryl methyl sites for hydroxylation is 1. The number of piperidine rings is 1. The van der Waals surface area contributed by atoms with Crippen LogP contribution in [0.1, 0.15) is 36.7 Å². The number of nitrogens with zero attached hydrogens (tertiary/aromatic N) is 3. The van der Waals surface area contributed by atoms with Crippen LogP contribution in [0.3, 0.4) is 0 Å². The van der Waals surface area contributed by atoms with E-state index in [0.717, 1.165) is 19.3 Å². The van der Waals surface area contributed by atoms with E-state index >= 15 is 0 Å². The lowest BCUT2D eigenvalue weighted by Gasteiger charge is -2.25. The predicted molar refractivity (Wildman–Crippen MR) is 102 cm³/mol. The van der Waals surface area contributed by atoms with Gasteiger partial charge in [0.25, 0.3) is 5.91 Å². The Bertz CT molecular complexity index is 916. The summed E-state index contributed by atoms with van der Waals surface area (Å²) in [6, 6.07) is 7.08. The van der Waals surface area contributed by atoms with Crippen molar-refractivity contribution in [3.05, 3.63) is 48.0 Å². The predicted octanol–water partition coefficient (Wildman–Crippen LogP) is 3.01. The normalized spacial score (nSPS) is 15.7. The third-order valence-electron chi connectivity index (χ3n) is 4.85. The van der Waals surface area contributed by atoms with E-state index in [-0.39, 0.29) is 22.3 Å². The summed E-state index contributed by atoms with van der Waals surface area (Å²) in [5.41, 5.74) is 0.835. The Balaban J connectivity index is 1.90. The van der Waals surface area contributed by atoms with Crippen LogP contribution in [0.2, 0.25) is 0 Å². The number of carbonyl (C=O) groups is 1. The van der Waals surface area contributed by atoms with Crippen molar-refractivity contribution in [2.75, 3.05) is 24.5 Å². The maximum absolute atomic E-state index is 13.2. The lowest BCUT2D eigenvalue weighted by molar-refractivity contribution is 0.0980. The first-order valence-electron chi connectivity index (χ1n) is 9.08. The molecule has 2 heterocycles. The molecule has 1 amide bonds. The highest BCUT2D eigenvalue weighted by Crippen LogP contribution is 2.24. The van der Waals surface area contributed by atoms with Crippen molar-refractivity contribution in [3.63, 3.8) is 0 Å². The maximum Gasteiger partial charge on any atom is 0.274 e. The van der Waals surface area contributed by atoms with Crippen LogP contribution in [-0.4, -0.2) is 42.8 Å². The molecule has 0 bridgehead atoms. The van der Waals surface area contributed by atoms with E-state index < -0.39 is 10.0 Å². The summed E-state index contributed by atoms with van der Waals surface area (Å²) in [6.45, 7) is 3.22. The average molecular weight is 393 g/mol. The topological polar surface area (TPSA) is 62.6 Å². The van der Waals surface area contributed by atoms with Gasteiger partial charge in [0.15, 0.2) is 0 Å². The van der Waals surface area contributed by atoms with E-state index in [1.165, 1.54) is 50.3 Å². The quantitative estimate of drug-likeness (QED) is 0.785. The second kappa shape index (κ2) is 7.82. The molecule has 1 aliphatic rings. The van der Waals surface area contributed by atoms with Crippen molar-refractivity contribution < 1.29 is 17.6 Å². The summed E-state index contributed by atoms with van der Waals surface area (Å²) in [5, 5.41) is 0. The van der Waals surface area contributed by atoms with Gasteiger partial charge in [0, 0.05) is 38.6 Å². The second-order valence-electron chi connectivity index (χ2n) is 6.66. The van der Waals surface area contributed by atoms with E-state index in [2.05, 4.69) is 0 Å². The molecule has 0 radical (unpaired) electrons. The van der Waals surface area contributed by atoms with Gasteiger partial charge in [0.1, 0.15) is 16.4 Å². The molecular weight excluding hydrogens is 369 g/mol. The van der Waals surface area contributed by atoms with Gasteiger partial charge in [-0.1, -0.05) is 6.42 Å². The molecule has 0 saturated carbocycles. The van der Waals surface area contributed by atoms with E-state index in [1.807, 2.05) is 6.92 Å². The SMILES string of the molecule is CCN(C(=O)c1cc(S(=O)(=O)N2CCCCC2)cn1C)c1ccc(F)cc1. The van der Waals surface area contributed by atoms with Crippen molar-refractivity contribution in [1.82, 2.24) is 8.87 Å². The fraction of sp³-hybridized carbons (Fsp3) is 0.421. The van der Waals surface area contributed by atoms with Gasteiger partial charge in [0.05, 0.1) is 0 Å². The summed E-state index contributed by atoms with van der Waals surface area (Å²) >= 11 is 0. The number of rotatable bonds is 5. The number of halogens is 1. The molecule has 2 aromatic rings. The summed E-state index contributed by atoms with van der Waals surface area (Å²) in [6.07, 6.45) is 4.22. The Hall–Kier alpha value is -2.19. The van der Waals surface area contributed by atoms with Crippen LogP contribution >= 0.6 is 0 Å². The molecule has 0 spiro atoms. The average Bonchev–Trinajstić information content (AvgIpc) is 3.07. The van der Waals surface area contributed by atoms with E-state index in [9.17, 15) is 17.6 Å². The molecule has 146 valence electrons. The number of aromatic nitrogens is 1. The monoisotopic (exact) mass is 393 g/mol. The van der Waals surface area contributed by atoms with Crippen LogP contribution in [0.5, 0.6) is 0 Å². The van der Waals surface area contributed by atoms with Gasteiger partial charge in [-0.05, 0) is 50.1 Å². The molecule has 27 heavy (non-hydrogen) atoms. The Morgan fingerprint density at radius 3 is 2.37 bits per heavy atom. The molecule has 1 aromatic carbocycles. The number of benzene rings is 1. The molecule has 1 aliphatic heterocycles. The third kappa shape index (κ3) is 3.91. The highest BCUT2D eigenvalue weighted by molar-refractivity contribution is 7.89. The van der Waals surface area contributed by atoms with Gasteiger partial charge in [0.2, 0.25) is 10.0 Å². The standard InChI is InChI=1S/C19H24FN3O3S/c1-3-23(16-9-7-15(20)8-10-16)19(24)18-13-17(14-21(18)2)27(25,26)22-11-5-4-6-12-22/h7-10,13-14H,3-6,11-12H2,1-2H3. The number of amides is 1. The van der Waals surface area contributed by atoms with Crippen molar-refractivity contribution in [2.24, 2.45) is 7.05 Å². The first kappa shape index (κ1) is 19.6. The number of sulfonamides is 1. The van der Waals surface area contributed by atoms with Crippen LogP contribution in [0.25, 0.3) is 0 Å². The molecule has 0 unspecified atom stereocenters. The maximum atomic E-state index is 13.2. The van der Waals surface area contributed by atoms with Crippen LogP contribution < -0.4 is 4.90 Å². The highest BCUT2D eigenvalue weighted by Gasteiger charge is 2.29. The molecule has 0 aliphatic carbocycles. The van der Waals surface area contributed by atoms with Crippen molar-refractivity contribution in [2.45, 2.75) is 31.1 Å². The highest BCUT2D eigenvalue weighted by atomic mass is 32.2. The zero-order valence-electron chi connectivity index (χ0n) is 15.6. The zero-order chi connectivity index (χ0) is 19.6. The van der Waals surface area contributed by atoms with Crippen LogP contribution in [0, 0.1) is 5.82 Å². The molecule has 3 rings (SSSR count). The first-order chi connectivity index (χ1) is 12.8. The van der Waals surface area contributed by atoms with Crippen molar-refractivity contribution in [1.29, 1.82) is 0 Å². The zero-order valence-corrected chi connectivity index (χ0v) is 16.4. The minimum absolute atomic E-state index is 0.130. The van der Waals surface area contributed by atoms with Crippen LogP contribution in [0.4, 0.5) is 10.1 Å². The van der Waals surface area contributed by atoms with Crippen molar-refractivity contribution >= 4 is 21.6 Å². The van der Waals surface area contributed by atoms with E-state index in [4.69, 9.17) is 0 Å². The smallest absolute Gasteiger partial charge is 0.274 e. The van der Waals surface area contributed by atoms with Crippen LogP contribution in [0.15, 0.2) is 41.4 Å².